The molecule has 21 heavy (non-hydrogen) atoms. The van der Waals surface area contributed by atoms with Gasteiger partial charge in [0.05, 0.1) is 0 Å². The Labute approximate surface area is 125 Å². The Bertz CT molecular complexity index is 420. The highest BCUT2D eigenvalue weighted by molar-refractivity contribution is 5.33. The summed E-state index contributed by atoms with van der Waals surface area (Å²) in [4.78, 5) is 2.32. The first-order chi connectivity index (χ1) is 10.2. The number of piperidine rings is 1. The fourth-order valence-corrected chi connectivity index (χ4v) is 2.78. The van der Waals surface area contributed by atoms with Crippen LogP contribution in [-0.2, 0) is 6.54 Å². The predicted octanol–water partition coefficient (Wildman–Crippen LogP) is 3.11. The van der Waals surface area contributed by atoms with Crippen LogP contribution in [0.4, 0.5) is 8.78 Å². The summed E-state index contributed by atoms with van der Waals surface area (Å²) in [6.45, 7) is 4.15. The summed E-state index contributed by atoms with van der Waals surface area (Å²) >= 11 is 0. The summed E-state index contributed by atoms with van der Waals surface area (Å²) in [6.07, 6.45) is 2.32. The molecule has 1 aliphatic heterocycles. The zero-order valence-electron chi connectivity index (χ0n) is 12.5. The van der Waals surface area contributed by atoms with E-state index < -0.39 is 6.61 Å². The van der Waals surface area contributed by atoms with E-state index in [-0.39, 0.29) is 0 Å². The highest BCUT2D eigenvalue weighted by atomic mass is 19.3. The molecule has 1 aromatic carbocycles. The van der Waals surface area contributed by atoms with E-state index in [4.69, 9.17) is 0 Å². The first-order valence-electron chi connectivity index (χ1n) is 7.64. The molecule has 1 fully saturated rings. The number of benzene rings is 1. The van der Waals surface area contributed by atoms with Gasteiger partial charge in [0, 0.05) is 12.1 Å². The molecule has 0 aliphatic carbocycles. The number of nitrogens with zero attached hydrogens (tertiary/aromatic N) is 1. The first kappa shape index (κ1) is 16.2. The number of rotatable bonds is 7. The molecular formula is C16H24F2N2O. The summed E-state index contributed by atoms with van der Waals surface area (Å²) in [5.41, 5.74) is 0.836. The molecule has 1 N–H and O–H groups in total. The standard InChI is InChI=1S/C16H24F2N2O/c1-2-19-11-13-7-9-20(10-8-13)12-14-5-3-4-6-15(14)21-16(17)18/h3-6,13,16,19H,2,7-12H2,1H3. The predicted molar refractivity (Wildman–Crippen MR) is 79.6 cm³/mol. The van der Waals surface area contributed by atoms with Crippen molar-refractivity contribution in [2.75, 3.05) is 26.2 Å². The number of para-hydroxylation sites is 1. The SMILES string of the molecule is CCNCC1CCN(Cc2ccccc2OC(F)F)CC1. The van der Waals surface area contributed by atoms with Gasteiger partial charge in [0.1, 0.15) is 5.75 Å². The van der Waals surface area contributed by atoms with Gasteiger partial charge in [-0.3, -0.25) is 4.90 Å². The molecular weight excluding hydrogens is 274 g/mol. The number of hydrogen-bond donors (Lipinski definition) is 1. The second kappa shape index (κ2) is 8.29. The summed E-state index contributed by atoms with van der Waals surface area (Å²) < 4.78 is 29.4. The molecule has 0 atom stereocenters. The molecule has 2 rings (SSSR count). The van der Waals surface area contributed by atoms with E-state index in [2.05, 4.69) is 21.9 Å². The lowest BCUT2D eigenvalue weighted by Gasteiger charge is -2.32. The minimum atomic E-state index is -2.77. The van der Waals surface area contributed by atoms with Gasteiger partial charge in [0.25, 0.3) is 0 Å². The van der Waals surface area contributed by atoms with Crippen LogP contribution in [0.25, 0.3) is 0 Å². The van der Waals surface area contributed by atoms with Gasteiger partial charge in [-0.05, 0) is 51.0 Å². The van der Waals surface area contributed by atoms with Crippen LogP contribution in [-0.4, -0.2) is 37.7 Å². The van der Waals surface area contributed by atoms with Gasteiger partial charge < -0.3 is 10.1 Å². The van der Waals surface area contributed by atoms with Gasteiger partial charge in [0.2, 0.25) is 0 Å². The van der Waals surface area contributed by atoms with Crippen LogP contribution < -0.4 is 10.1 Å². The van der Waals surface area contributed by atoms with Crippen LogP contribution in [0.5, 0.6) is 5.75 Å². The molecule has 1 aromatic rings. The van der Waals surface area contributed by atoms with Crippen LogP contribution in [0.2, 0.25) is 0 Å². The van der Waals surface area contributed by atoms with Crippen molar-refractivity contribution in [3.05, 3.63) is 29.8 Å². The van der Waals surface area contributed by atoms with Gasteiger partial charge in [-0.15, -0.1) is 0 Å². The van der Waals surface area contributed by atoms with Crippen LogP contribution >= 0.6 is 0 Å². The first-order valence-corrected chi connectivity index (χ1v) is 7.64. The molecule has 1 aliphatic rings. The maximum absolute atomic E-state index is 12.4. The van der Waals surface area contributed by atoms with Crippen LogP contribution in [0.1, 0.15) is 25.3 Å². The largest absolute Gasteiger partial charge is 0.434 e. The highest BCUT2D eigenvalue weighted by Gasteiger charge is 2.20. The lowest BCUT2D eigenvalue weighted by molar-refractivity contribution is -0.0508. The van der Waals surface area contributed by atoms with Crippen molar-refractivity contribution in [2.45, 2.75) is 32.9 Å². The van der Waals surface area contributed by atoms with Crippen molar-refractivity contribution in [3.63, 3.8) is 0 Å². The van der Waals surface area contributed by atoms with E-state index in [1.165, 1.54) is 0 Å². The zero-order valence-corrected chi connectivity index (χ0v) is 12.5. The number of hydrogen-bond acceptors (Lipinski definition) is 3. The lowest BCUT2D eigenvalue weighted by atomic mass is 9.96. The van der Waals surface area contributed by atoms with Crippen LogP contribution in [0.15, 0.2) is 24.3 Å². The summed E-state index contributed by atoms with van der Waals surface area (Å²) in [5.74, 6) is 1.02. The van der Waals surface area contributed by atoms with E-state index in [0.29, 0.717) is 12.3 Å². The Kier molecular flexibility index (Phi) is 6.39. The van der Waals surface area contributed by atoms with E-state index in [1.54, 1.807) is 12.1 Å². The van der Waals surface area contributed by atoms with Gasteiger partial charge >= 0.3 is 6.61 Å². The van der Waals surface area contributed by atoms with E-state index >= 15 is 0 Å². The van der Waals surface area contributed by atoms with Crippen LogP contribution in [0, 0.1) is 5.92 Å². The average Bonchev–Trinajstić information content (AvgIpc) is 2.48. The minimum absolute atomic E-state index is 0.294. The monoisotopic (exact) mass is 298 g/mol. The third-order valence-electron chi connectivity index (χ3n) is 3.97. The van der Waals surface area contributed by atoms with Gasteiger partial charge in [-0.2, -0.15) is 8.78 Å². The zero-order chi connectivity index (χ0) is 15.1. The Morgan fingerprint density at radius 3 is 2.67 bits per heavy atom. The van der Waals surface area contributed by atoms with Gasteiger partial charge in [0.15, 0.2) is 0 Å². The molecule has 0 spiro atoms. The number of likely N-dealkylation sites (tertiary alicyclic amines) is 1. The van der Waals surface area contributed by atoms with E-state index in [9.17, 15) is 8.78 Å². The molecule has 1 heterocycles. The number of alkyl halides is 2. The maximum Gasteiger partial charge on any atom is 0.387 e. The smallest absolute Gasteiger partial charge is 0.387 e. The van der Waals surface area contributed by atoms with Crippen molar-refractivity contribution < 1.29 is 13.5 Å². The van der Waals surface area contributed by atoms with Crippen molar-refractivity contribution in [1.29, 1.82) is 0 Å². The fraction of sp³-hybridized carbons (Fsp3) is 0.625. The Morgan fingerprint density at radius 1 is 1.29 bits per heavy atom. The number of halogens is 2. The highest BCUT2D eigenvalue weighted by Crippen LogP contribution is 2.24. The van der Waals surface area contributed by atoms with Gasteiger partial charge in [-0.1, -0.05) is 25.1 Å². The molecule has 0 unspecified atom stereocenters. The summed E-state index contributed by atoms with van der Waals surface area (Å²) in [6, 6.07) is 7.07. The van der Waals surface area contributed by atoms with Crippen molar-refractivity contribution >= 4 is 0 Å². The second-order valence-electron chi connectivity index (χ2n) is 5.51. The minimum Gasteiger partial charge on any atom is -0.434 e. The normalized spacial score (nSPS) is 17.3. The Balaban J connectivity index is 1.86. The van der Waals surface area contributed by atoms with E-state index in [1.807, 2.05) is 12.1 Å². The molecule has 1 saturated heterocycles. The average molecular weight is 298 g/mol. The maximum atomic E-state index is 12.4. The topological polar surface area (TPSA) is 24.5 Å². The third-order valence-corrected chi connectivity index (χ3v) is 3.97. The molecule has 5 heteroatoms. The van der Waals surface area contributed by atoms with E-state index in [0.717, 1.165) is 50.5 Å². The van der Waals surface area contributed by atoms with Crippen LogP contribution in [0.3, 0.4) is 0 Å². The Hall–Kier alpha value is -1.20. The van der Waals surface area contributed by atoms with Crippen molar-refractivity contribution in [2.24, 2.45) is 5.92 Å². The molecule has 0 aromatic heterocycles. The third kappa shape index (κ3) is 5.25. The fourth-order valence-electron chi connectivity index (χ4n) is 2.78. The molecule has 0 radical (unpaired) electrons. The Morgan fingerprint density at radius 2 is 2.00 bits per heavy atom. The molecule has 3 nitrogen and oxygen atoms in total. The summed E-state index contributed by atoms with van der Waals surface area (Å²) in [5, 5.41) is 3.39. The summed E-state index contributed by atoms with van der Waals surface area (Å²) in [7, 11) is 0. The van der Waals surface area contributed by atoms with Crippen molar-refractivity contribution in [1.82, 2.24) is 10.2 Å². The second-order valence-corrected chi connectivity index (χ2v) is 5.51. The molecule has 0 amide bonds. The van der Waals surface area contributed by atoms with Gasteiger partial charge in [-0.25, -0.2) is 0 Å². The number of ether oxygens (including phenoxy) is 1. The molecule has 118 valence electrons. The van der Waals surface area contributed by atoms with Crippen molar-refractivity contribution in [3.8, 4) is 5.75 Å². The lowest BCUT2D eigenvalue weighted by Crippen LogP contribution is -2.36. The quantitative estimate of drug-likeness (QED) is 0.837. The molecule has 0 saturated carbocycles. The molecule has 0 bridgehead atoms. The number of nitrogens with one attached hydrogen (secondary N) is 1.